The summed E-state index contributed by atoms with van der Waals surface area (Å²) in [7, 11) is 0. The minimum Gasteiger partial charge on any atom is -0.358 e. The Hall–Kier alpha value is 0.350. The van der Waals surface area contributed by atoms with Crippen LogP contribution < -0.4 is 0 Å². The van der Waals surface area contributed by atoms with Gasteiger partial charge in [-0.1, -0.05) is 0 Å². The first kappa shape index (κ1) is 15.8. The molecule has 8 heavy (non-hydrogen) atoms. The zero-order chi connectivity index (χ0) is 3.54. The van der Waals surface area contributed by atoms with Gasteiger partial charge in [-0.05, 0) is 0 Å². The molecule has 1 aliphatic rings. The van der Waals surface area contributed by atoms with E-state index in [2.05, 4.69) is 12.2 Å². The molecule has 0 atom stereocenters. The van der Waals surface area contributed by atoms with Gasteiger partial charge in [-0.25, -0.2) is 12.2 Å². The number of hydrogen-bond acceptors (Lipinski definition) is 0. The van der Waals surface area contributed by atoms with Crippen LogP contribution in [-0.4, -0.2) is 0 Å². The Morgan fingerprint density at radius 1 is 1.25 bits per heavy atom. The Labute approximate surface area is 71.5 Å². The molecule has 0 aromatic carbocycles. The first-order valence-electron chi connectivity index (χ1n) is 1.72. The van der Waals surface area contributed by atoms with Crippen LogP contribution in [0.5, 0.6) is 0 Å². The summed E-state index contributed by atoms with van der Waals surface area (Å²) in [4.78, 5) is 0. The predicted octanol–water partition coefficient (Wildman–Crippen LogP) is 2.20. The Morgan fingerprint density at radius 3 is 2.00 bits per heavy atom. The van der Waals surface area contributed by atoms with Gasteiger partial charge in [0.05, 0.1) is 0 Å². The van der Waals surface area contributed by atoms with E-state index in [1.54, 1.807) is 0 Å². The minimum atomic E-state index is 0. The normalized spacial score (nSPS) is 11.0. The largest absolute Gasteiger partial charge is 0.358 e. The van der Waals surface area contributed by atoms with Crippen LogP contribution in [0.4, 0.5) is 0 Å². The molecule has 0 aliphatic heterocycles. The van der Waals surface area contributed by atoms with E-state index >= 15 is 0 Å². The van der Waals surface area contributed by atoms with E-state index in [1.807, 2.05) is 12.2 Å². The fourth-order valence-corrected chi connectivity index (χ4v) is 0.340. The van der Waals surface area contributed by atoms with Gasteiger partial charge in [-0.2, -0.15) is 6.08 Å². The van der Waals surface area contributed by atoms with Gasteiger partial charge in [0.25, 0.3) is 0 Å². The maximum atomic E-state index is 2.99. The molecule has 0 heterocycles. The molecule has 0 fully saturated rings. The molecular weight excluding hydrogens is 263 g/mol. The maximum absolute atomic E-state index is 2.99. The Morgan fingerprint density at radius 2 is 1.88 bits per heavy atom. The number of rotatable bonds is 0. The Balaban J connectivity index is -0.0000000833. The minimum absolute atomic E-state index is 0. The van der Waals surface area contributed by atoms with E-state index in [-0.39, 0.29) is 40.7 Å². The van der Waals surface area contributed by atoms with Crippen molar-refractivity contribution >= 4 is 0 Å². The predicted molar refractivity (Wildman–Crippen MR) is 34.4 cm³/mol. The summed E-state index contributed by atoms with van der Waals surface area (Å²) in [6.45, 7) is 0. The fourth-order valence-electron chi connectivity index (χ4n) is 0.340. The zero-order valence-corrected chi connectivity index (χ0v) is 9.03. The van der Waals surface area contributed by atoms with E-state index < -0.39 is 0 Å². The van der Waals surface area contributed by atoms with Crippen LogP contribution >= 0.6 is 0 Å². The third-order valence-corrected chi connectivity index (χ3v) is 0.586. The second-order valence-corrected chi connectivity index (χ2v) is 1.00. The van der Waals surface area contributed by atoms with Crippen molar-refractivity contribution in [1.82, 2.24) is 0 Å². The van der Waals surface area contributed by atoms with E-state index in [0.717, 1.165) is 6.42 Å². The molecule has 0 amide bonds. The molecule has 1 heteroatoms. The molecular formula is C7H11Hf-3. The molecule has 0 aromatic heterocycles. The SMILES string of the molecule is [C-]1=CC=CC1.[CH3-].[CH3-].[Hf]. The summed E-state index contributed by atoms with van der Waals surface area (Å²) in [6.07, 6.45) is 10.0. The molecule has 0 unspecified atom stereocenters. The maximum Gasteiger partial charge on any atom is 0 e. The van der Waals surface area contributed by atoms with E-state index in [0.29, 0.717) is 0 Å². The average molecular weight is 274 g/mol. The van der Waals surface area contributed by atoms with Crippen molar-refractivity contribution in [3.8, 4) is 0 Å². The van der Waals surface area contributed by atoms with Crippen molar-refractivity contribution in [2.45, 2.75) is 6.42 Å². The van der Waals surface area contributed by atoms with Crippen molar-refractivity contribution in [2.75, 3.05) is 0 Å². The summed E-state index contributed by atoms with van der Waals surface area (Å²) in [6, 6.07) is 0. The summed E-state index contributed by atoms with van der Waals surface area (Å²) in [5.41, 5.74) is 0. The van der Waals surface area contributed by atoms with Gasteiger partial charge in [-0.3, -0.25) is 6.08 Å². The molecule has 46 valence electrons. The fraction of sp³-hybridized carbons (Fsp3) is 0.143. The molecule has 0 spiro atoms. The third kappa shape index (κ3) is 6.35. The van der Waals surface area contributed by atoms with Crippen LogP contribution in [0, 0.1) is 20.9 Å². The first-order chi connectivity index (χ1) is 2.50. The molecule has 0 radical (unpaired) electrons. The van der Waals surface area contributed by atoms with Crippen LogP contribution in [0.3, 0.4) is 0 Å². The van der Waals surface area contributed by atoms with E-state index in [1.165, 1.54) is 0 Å². The van der Waals surface area contributed by atoms with Crippen molar-refractivity contribution < 1.29 is 25.8 Å². The van der Waals surface area contributed by atoms with Gasteiger partial charge in [-0.15, -0.1) is 6.42 Å². The monoisotopic (exact) mass is 275 g/mol. The zero-order valence-electron chi connectivity index (χ0n) is 5.44. The average Bonchev–Trinajstić information content (AvgIpc) is 1.76. The molecule has 0 aromatic rings. The van der Waals surface area contributed by atoms with Gasteiger partial charge in [0, 0.05) is 25.8 Å². The van der Waals surface area contributed by atoms with E-state index in [9.17, 15) is 0 Å². The molecule has 0 N–H and O–H groups in total. The van der Waals surface area contributed by atoms with Crippen LogP contribution in [0.2, 0.25) is 0 Å². The second kappa shape index (κ2) is 10.4. The van der Waals surface area contributed by atoms with Gasteiger partial charge >= 0.3 is 0 Å². The molecule has 1 aliphatic carbocycles. The van der Waals surface area contributed by atoms with Crippen LogP contribution in [0.1, 0.15) is 6.42 Å². The summed E-state index contributed by atoms with van der Waals surface area (Å²) in [5.74, 6) is 0. The third-order valence-electron chi connectivity index (χ3n) is 0.586. The molecule has 0 saturated carbocycles. The molecule has 1 rings (SSSR count). The Bertz CT molecular complexity index is 62.5. The molecule has 0 nitrogen and oxygen atoms in total. The van der Waals surface area contributed by atoms with Crippen LogP contribution in [-0.2, 0) is 25.8 Å². The van der Waals surface area contributed by atoms with Gasteiger partial charge in [0.2, 0.25) is 0 Å². The standard InChI is InChI=1S/C5H5.2CH3.Hf/c1-2-4-5-3-1;;;/h1-3H,4H2;2*1H3;/q3*-1;. The summed E-state index contributed by atoms with van der Waals surface area (Å²) < 4.78 is 0. The summed E-state index contributed by atoms with van der Waals surface area (Å²) in [5, 5.41) is 0. The van der Waals surface area contributed by atoms with Crippen molar-refractivity contribution in [3.63, 3.8) is 0 Å². The van der Waals surface area contributed by atoms with E-state index in [4.69, 9.17) is 0 Å². The molecule has 0 saturated heterocycles. The first-order valence-corrected chi connectivity index (χ1v) is 1.72. The topological polar surface area (TPSA) is 0 Å². The summed E-state index contributed by atoms with van der Waals surface area (Å²) >= 11 is 0. The van der Waals surface area contributed by atoms with Crippen LogP contribution in [0.15, 0.2) is 18.2 Å². The van der Waals surface area contributed by atoms with Gasteiger partial charge in [0.1, 0.15) is 0 Å². The smallest absolute Gasteiger partial charge is 0 e. The van der Waals surface area contributed by atoms with Crippen molar-refractivity contribution in [3.05, 3.63) is 39.2 Å². The molecule has 0 bridgehead atoms. The Kier molecular flexibility index (Phi) is 20.4. The number of allylic oxidation sites excluding steroid dienone is 4. The second-order valence-electron chi connectivity index (χ2n) is 1.00. The van der Waals surface area contributed by atoms with Gasteiger partial charge < -0.3 is 14.9 Å². The van der Waals surface area contributed by atoms with Gasteiger partial charge in [0.15, 0.2) is 0 Å². The van der Waals surface area contributed by atoms with Crippen LogP contribution in [0.25, 0.3) is 0 Å². The van der Waals surface area contributed by atoms with Crippen molar-refractivity contribution in [1.29, 1.82) is 0 Å². The quantitative estimate of drug-likeness (QED) is 0.469. The number of hydrogen-bond donors (Lipinski definition) is 0. The van der Waals surface area contributed by atoms with Crippen molar-refractivity contribution in [2.24, 2.45) is 0 Å².